The molecule has 2 aromatic heterocycles. The number of morpholine rings is 1. The summed E-state index contributed by atoms with van der Waals surface area (Å²) >= 11 is 0. The van der Waals surface area contributed by atoms with Crippen LogP contribution in [0.4, 0.5) is 0 Å². The van der Waals surface area contributed by atoms with Crippen molar-refractivity contribution >= 4 is 17.0 Å². The average molecular weight is 341 g/mol. The fraction of sp³-hybridized carbons (Fsp3) is 0.500. The summed E-state index contributed by atoms with van der Waals surface area (Å²) in [6, 6.07) is 4.33. The zero-order chi connectivity index (χ0) is 18.1. The van der Waals surface area contributed by atoms with Crippen molar-refractivity contribution in [2.45, 2.75) is 33.7 Å². The number of Topliss-reactive ketones (excluding diaryl/α,β-unsaturated/α-hetero) is 1. The Morgan fingerprint density at radius 1 is 1.24 bits per heavy atom. The summed E-state index contributed by atoms with van der Waals surface area (Å²) in [5.41, 5.74) is 6.18. The molecule has 0 N–H and O–H groups in total. The zero-order valence-corrected chi connectivity index (χ0v) is 15.8. The van der Waals surface area contributed by atoms with Crippen LogP contribution in [0, 0.1) is 6.92 Å². The molecule has 2 aromatic rings. The van der Waals surface area contributed by atoms with Gasteiger partial charge in [0.05, 0.1) is 13.2 Å². The lowest BCUT2D eigenvalue weighted by atomic mass is 9.99. The molecule has 0 aliphatic carbocycles. The largest absolute Gasteiger partial charge is 0.379 e. The molecule has 5 nitrogen and oxygen atoms in total. The third-order valence-corrected chi connectivity index (χ3v) is 5.31. The van der Waals surface area contributed by atoms with Gasteiger partial charge in [0.25, 0.3) is 0 Å². The van der Waals surface area contributed by atoms with Crippen molar-refractivity contribution in [2.24, 2.45) is 4.99 Å². The molecule has 5 heteroatoms. The molecule has 1 unspecified atom stereocenters. The number of carbonyl (C=O) groups is 1. The number of ketones is 1. The van der Waals surface area contributed by atoms with E-state index in [1.807, 2.05) is 13.0 Å². The van der Waals surface area contributed by atoms with Crippen LogP contribution in [0.5, 0.6) is 0 Å². The number of hydrogen-bond acceptors (Lipinski definition) is 4. The van der Waals surface area contributed by atoms with E-state index in [0.29, 0.717) is 0 Å². The Labute approximate surface area is 149 Å². The highest BCUT2D eigenvalue weighted by atomic mass is 16.5. The minimum Gasteiger partial charge on any atom is -0.379 e. The van der Waals surface area contributed by atoms with E-state index in [4.69, 9.17) is 4.74 Å². The van der Waals surface area contributed by atoms with Crippen LogP contribution >= 0.6 is 0 Å². The van der Waals surface area contributed by atoms with Crippen LogP contribution in [0.15, 0.2) is 23.3 Å². The molecule has 3 heterocycles. The molecule has 1 aliphatic rings. The van der Waals surface area contributed by atoms with E-state index in [1.54, 1.807) is 14.0 Å². The monoisotopic (exact) mass is 341 g/mol. The van der Waals surface area contributed by atoms with Gasteiger partial charge in [0.1, 0.15) is 0 Å². The van der Waals surface area contributed by atoms with Crippen molar-refractivity contribution in [2.75, 3.05) is 33.4 Å². The maximum absolute atomic E-state index is 12.2. The highest BCUT2D eigenvalue weighted by Gasteiger charge is 2.24. The van der Waals surface area contributed by atoms with Crippen LogP contribution < -0.4 is 0 Å². The predicted molar refractivity (Wildman–Crippen MR) is 101 cm³/mol. The van der Waals surface area contributed by atoms with Gasteiger partial charge >= 0.3 is 0 Å². The smallest absolute Gasteiger partial charge is 0.160 e. The van der Waals surface area contributed by atoms with Crippen LogP contribution in [0.3, 0.4) is 0 Å². The molecule has 1 aliphatic heterocycles. The second kappa shape index (κ2) is 7.10. The summed E-state index contributed by atoms with van der Waals surface area (Å²) in [6.45, 7) is 11.3. The Kier molecular flexibility index (Phi) is 5.06. The molecule has 0 spiro atoms. The van der Waals surface area contributed by atoms with Gasteiger partial charge in [0.15, 0.2) is 5.78 Å². The Morgan fingerprint density at radius 3 is 2.52 bits per heavy atom. The fourth-order valence-corrected chi connectivity index (χ4v) is 3.72. The number of ether oxygens (including phenoxy) is 1. The van der Waals surface area contributed by atoms with Crippen LogP contribution in [0.1, 0.15) is 54.0 Å². The summed E-state index contributed by atoms with van der Waals surface area (Å²) in [5.74, 6) is 0.110. The third kappa shape index (κ3) is 3.26. The Morgan fingerprint density at radius 2 is 1.92 bits per heavy atom. The number of pyridine rings is 1. The first-order valence-electron chi connectivity index (χ1n) is 8.86. The molecular weight excluding hydrogens is 314 g/mol. The number of fused-ring (bicyclic) bond motifs is 1. The van der Waals surface area contributed by atoms with E-state index >= 15 is 0 Å². The van der Waals surface area contributed by atoms with E-state index in [9.17, 15) is 4.79 Å². The number of hydrogen-bond donors (Lipinski definition) is 0. The van der Waals surface area contributed by atoms with Crippen LogP contribution in [-0.2, 0) is 4.74 Å². The van der Waals surface area contributed by atoms with E-state index in [0.717, 1.165) is 54.2 Å². The van der Waals surface area contributed by atoms with Crippen LogP contribution in [0.25, 0.3) is 5.52 Å². The topological polar surface area (TPSA) is 46.3 Å². The molecule has 134 valence electrons. The first-order valence-corrected chi connectivity index (χ1v) is 8.86. The third-order valence-electron chi connectivity index (χ3n) is 5.31. The Hall–Kier alpha value is -1.98. The molecule has 1 fully saturated rings. The average Bonchev–Trinajstić information content (AvgIpc) is 3.04. The van der Waals surface area contributed by atoms with Gasteiger partial charge in [-0.05, 0) is 45.4 Å². The molecule has 25 heavy (non-hydrogen) atoms. The lowest BCUT2D eigenvalue weighted by Crippen LogP contribution is -2.39. The fourth-order valence-electron chi connectivity index (χ4n) is 3.72. The van der Waals surface area contributed by atoms with Gasteiger partial charge in [-0.1, -0.05) is 0 Å². The van der Waals surface area contributed by atoms with Crippen molar-refractivity contribution < 1.29 is 9.53 Å². The molecule has 3 rings (SSSR count). The highest BCUT2D eigenvalue weighted by Crippen LogP contribution is 2.29. The van der Waals surface area contributed by atoms with Gasteiger partial charge in [0.2, 0.25) is 0 Å². The van der Waals surface area contributed by atoms with E-state index in [1.165, 1.54) is 5.69 Å². The first kappa shape index (κ1) is 17.8. The maximum Gasteiger partial charge on any atom is 0.160 e. The maximum atomic E-state index is 12.2. The van der Waals surface area contributed by atoms with Gasteiger partial charge in [-0.25, -0.2) is 0 Å². The zero-order valence-electron chi connectivity index (χ0n) is 15.8. The number of carbonyl (C=O) groups excluding carboxylic acids is 1. The van der Waals surface area contributed by atoms with Gasteiger partial charge in [0, 0.05) is 60.4 Å². The highest BCUT2D eigenvalue weighted by molar-refractivity contribution is 6.01. The second-order valence-corrected chi connectivity index (χ2v) is 6.78. The molecule has 0 radical (unpaired) electrons. The van der Waals surface area contributed by atoms with Gasteiger partial charge in [-0.3, -0.25) is 14.7 Å². The minimum atomic E-state index is 0.110. The SMILES string of the molecule is CN=C(C)c1cc2cc(C(C)=O)c(C)c(C(C)N3CCOCC3)n2c1. The lowest BCUT2D eigenvalue weighted by Gasteiger charge is -2.34. The molecule has 0 aromatic carbocycles. The lowest BCUT2D eigenvalue weighted by molar-refractivity contribution is 0.0187. The van der Waals surface area contributed by atoms with Gasteiger partial charge in [-0.2, -0.15) is 0 Å². The Bertz CT molecular complexity index is 829. The Balaban J connectivity index is 2.20. The molecule has 0 saturated carbocycles. The molecule has 1 saturated heterocycles. The van der Waals surface area contributed by atoms with E-state index in [-0.39, 0.29) is 11.8 Å². The van der Waals surface area contributed by atoms with Crippen LogP contribution in [-0.4, -0.2) is 54.1 Å². The summed E-state index contributed by atoms with van der Waals surface area (Å²) in [7, 11) is 1.81. The first-order chi connectivity index (χ1) is 11.9. The number of aromatic nitrogens is 1. The van der Waals surface area contributed by atoms with E-state index in [2.05, 4.69) is 40.4 Å². The summed E-state index contributed by atoms with van der Waals surface area (Å²) < 4.78 is 7.73. The van der Waals surface area contributed by atoms with Crippen molar-refractivity contribution in [1.29, 1.82) is 0 Å². The normalized spacial score (nSPS) is 17.9. The van der Waals surface area contributed by atoms with Crippen molar-refractivity contribution in [1.82, 2.24) is 9.30 Å². The molecule has 0 amide bonds. The van der Waals surface area contributed by atoms with E-state index < -0.39 is 0 Å². The van der Waals surface area contributed by atoms with Crippen molar-refractivity contribution in [3.63, 3.8) is 0 Å². The number of aliphatic imine (C=N–C) groups is 1. The number of nitrogens with zero attached hydrogens (tertiary/aromatic N) is 3. The van der Waals surface area contributed by atoms with Crippen molar-refractivity contribution in [3.05, 3.63) is 40.7 Å². The number of rotatable bonds is 4. The van der Waals surface area contributed by atoms with Gasteiger partial charge in [-0.15, -0.1) is 0 Å². The van der Waals surface area contributed by atoms with Crippen LogP contribution in [0.2, 0.25) is 0 Å². The molecular formula is C20H27N3O2. The predicted octanol–water partition coefficient (Wildman–Crippen LogP) is 3.28. The van der Waals surface area contributed by atoms with Gasteiger partial charge < -0.3 is 9.14 Å². The second-order valence-electron chi connectivity index (χ2n) is 6.78. The molecule has 0 bridgehead atoms. The molecule has 1 atom stereocenters. The minimum absolute atomic E-state index is 0.110. The standard InChI is InChI=1S/C20H27N3O2/c1-13-19(16(4)24)11-18-10-17(14(2)21-5)12-23(18)20(13)15(3)22-6-8-25-9-7-22/h10-12,15H,6-9H2,1-5H3. The summed E-state index contributed by atoms with van der Waals surface area (Å²) in [6.07, 6.45) is 2.14. The summed E-state index contributed by atoms with van der Waals surface area (Å²) in [5, 5.41) is 0. The quantitative estimate of drug-likeness (QED) is 0.633. The summed E-state index contributed by atoms with van der Waals surface area (Å²) in [4.78, 5) is 18.9. The van der Waals surface area contributed by atoms with Crippen molar-refractivity contribution in [3.8, 4) is 0 Å².